The molecule has 0 amide bonds. The van der Waals surface area contributed by atoms with E-state index in [9.17, 15) is 9.50 Å². The largest absolute Gasteiger partial charge is 0.387 e. The molecule has 0 aliphatic carbocycles. The van der Waals surface area contributed by atoms with Gasteiger partial charge in [-0.15, -0.1) is 0 Å². The average Bonchev–Trinajstić information content (AvgIpc) is 3.24. The van der Waals surface area contributed by atoms with Crippen molar-refractivity contribution < 1.29 is 9.50 Å². The minimum atomic E-state index is -0.732. The smallest absolute Gasteiger partial charge is 0.191 e. The van der Waals surface area contributed by atoms with Gasteiger partial charge in [0.2, 0.25) is 0 Å². The number of guanidine groups is 1. The minimum absolute atomic E-state index is 0.298. The molecule has 1 aliphatic heterocycles. The minimum Gasteiger partial charge on any atom is -0.387 e. The molecule has 5 nitrogen and oxygen atoms in total. The first-order valence-corrected chi connectivity index (χ1v) is 10.4. The first-order valence-electron chi connectivity index (χ1n) is 10.4. The van der Waals surface area contributed by atoms with E-state index < -0.39 is 6.10 Å². The zero-order chi connectivity index (χ0) is 20.5. The van der Waals surface area contributed by atoms with Gasteiger partial charge in [-0.1, -0.05) is 36.4 Å². The summed E-state index contributed by atoms with van der Waals surface area (Å²) in [6, 6.07) is 14.5. The highest BCUT2D eigenvalue weighted by Gasteiger charge is 2.11. The lowest BCUT2D eigenvalue weighted by Crippen LogP contribution is -2.39. The lowest BCUT2D eigenvalue weighted by atomic mass is 10.1. The van der Waals surface area contributed by atoms with E-state index in [1.54, 1.807) is 12.1 Å². The van der Waals surface area contributed by atoms with Gasteiger partial charge >= 0.3 is 0 Å². The number of hydrogen-bond donors (Lipinski definition) is 3. The van der Waals surface area contributed by atoms with Gasteiger partial charge in [-0.05, 0) is 61.7 Å². The van der Waals surface area contributed by atoms with Crippen LogP contribution in [-0.2, 0) is 13.1 Å². The van der Waals surface area contributed by atoms with E-state index in [0.717, 1.165) is 18.7 Å². The molecule has 1 heterocycles. The third-order valence-corrected chi connectivity index (χ3v) is 5.11. The van der Waals surface area contributed by atoms with Crippen LogP contribution in [0.4, 0.5) is 4.39 Å². The summed E-state index contributed by atoms with van der Waals surface area (Å²) in [5.41, 5.74) is 3.15. The molecule has 0 radical (unpaired) electrons. The molecule has 156 valence electrons. The number of aliphatic hydroxyl groups is 1. The summed E-state index contributed by atoms with van der Waals surface area (Å²) >= 11 is 0. The number of aliphatic imine (C=N–C) groups is 1. The quantitative estimate of drug-likeness (QED) is 0.472. The predicted octanol–water partition coefficient (Wildman–Crippen LogP) is 3.21. The summed E-state index contributed by atoms with van der Waals surface area (Å²) in [7, 11) is 0. The van der Waals surface area contributed by atoms with Crippen LogP contribution < -0.4 is 10.6 Å². The molecule has 0 spiro atoms. The van der Waals surface area contributed by atoms with E-state index in [0.29, 0.717) is 24.6 Å². The molecule has 1 unspecified atom stereocenters. The molecule has 29 heavy (non-hydrogen) atoms. The van der Waals surface area contributed by atoms with Crippen LogP contribution in [0.1, 0.15) is 42.6 Å². The predicted molar refractivity (Wildman–Crippen MR) is 115 cm³/mol. The fourth-order valence-electron chi connectivity index (χ4n) is 3.46. The van der Waals surface area contributed by atoms with Crippen molar-refractivity contribution in [1.82, 2.24) is 15.5 Å². The summed E-state index contributed by atoms with van der Waals surface area (Å²) < 4.78 is 13.0. The molecule has 0 aromatic heterocycles. The van der Waals surface area contributed by atoms with Crippen LogP contribution in [0.15, 0.2) is 53.5 Å². The molecule has 1 aliphatic rings. The fourth-order valence-corrected chi connectivity index (χ4v) is 3.46. The molecule has 3 rings (SSSR count). The van der Waals surface area contributed by atoms with Gasteiger partial charge in [0.25, 0.3) is 0 Å². The third kappa shape index (κ3) is 6.84. The third-order valence-electron chi connectivity index (χ3n) is 5.11. The Morgan fingerprint density at radius 2 is 1.69 bits per heavy atom. The highest BCUT2D eigenvalue weighted by molar-refractivity contribution is 5.79. The van der Waals surface area contributed by atoms with Gasteiger partial charge in [-0.25, -0.2) is 9.38 Å². The number of nitrogens with one attached hydrogen (secondary N) is 2. The van der Waals surface area contributed by atoms with Crippen LogP contribution in [0, 0.1) is 5.82 Å². The van der Waals surface area contributed by atoms with E-state index >= 15 is 0 Å². The Morgan fingerprint density at radius 3 is 2.34 bits per heavy atom. The Labute approximate surface area is 172 Å². The topological polar surface area (TPSA) is 59.9 Å². The van der Waals surface area contributed by atoms with E-state index in [4.69, 9.17) is 0 Å². The Morgan fingerprint density at radius 1 is 1.03 bits per heavy atom. The van der Waals surface area contributed by atoms with Crippen LogP contribution in [0.3, 0.4) is 0 Å². The van der Waals surface area contributed by atoms with Gasteiger partial charge in [0, 0.05) is 19.6 Å². The summed E-state index contributed by atoms with van der Waals surface area (Å²) in [5, 5.41) is 16.6. The van der Waals surface area contributed by atoms with E-state index in [1.807, 2.05) is 6.92 Å². The van der Waals surface area contributed by atoms with Gasteiger partial charge in [0.1, 0.15) is 5.82 Å². The molecule has 2 aromatic carbocycles. The first-order chi connectivity index (χ1) is 14.1. The van der Waals surface area contributed by atoms with Crippen molar-refractivity contribution in [3.63, 3.8) is 0 Å². The van der Waals surface area contributed by atoms with Gasteiger partial charge in [0.05, 0.1) is 12.6 Å². The second kappa shape index (κ2) is 10.9. The molecule has 3 N–H and O–H groups in total. The maximum atomic E-state index is 13.0. The highest BCUT2D eigenvalue weighted by atomic mass is 19.1. The molecule has 1 atom stereocenters. The van der Waals surface area contributed by atoms with Crippen LogP contribution >= 0.6 is 0 Å². The van der Waals surface area contributed by atoms with Crippen molar-refractivity contribution in [2.24, 2.45) is 4.99 Å². The van der Waals surface area contributed by atoms with Crippen molar-refractivity contribution in [3.8, 4) is 0 Å². The molecular weight excluding hydrogens is 367 g/mol. The number of likely N-dealkylation sites (tertiary alicyclic amines) is 1. The van der Waals surface area contributed by atoms with Gasteiger partial charge in [-0.3, -0.25) is 4.90 Å². The van der Waals surface area contributed by atoms with Gasteiger partial charge in [-0.2, -0.15) is 0 Å². The van der Waals surface area contributed by atoms with E-state index in [1.165, 1.54) is 43.6 Å². The Kier molecular flexibility index (Phi) is 8.02. The van der Waals surface area contributed by atoms with Crippen molar-refractivity contribution >= 4 is 5.96 Å². The second-order valence-corrected chi connectivity index (χ2v) is 7.44. The van der Waals surface area contributed by atoms with Crippen molar-refractivity contribution in [2.45, 2.75) is 39.0 Å². The standard InChI is InChI=1S/C23H31FN4O/c1-2-25-23(27-16-22(29)20-9-11-21(24)12-10-20)26-15-18-5-7-19(8-6-18)17-28-13-3-4-14-28/h5-12,22,29H,2-4,13-17H2,1H3,(H2,25,26,27). The summed E-state index contributed by atoms with van der Waals surface area (Å²) in [4.78, 5) is 7.10. The van der Waals surface area contributed by atoms with Crippen molar-refractivity contribution in [2.75, 3.05) is 26.2 Å². The van der Waals surface area contributed by atoms with Crippen LogP contribution in [0.5, 0.6) is 0 Å². The fraction of sp³-hybridized carbons (Fsp3) is 0.435. The maximum absolute atomic E-state index is 13.0. The second-order valence-electron chi connectivity index (χ2n) is 7.44. The molecule has 2 aromatic rings. The maximum Gasteiger partial charge on any atom is 0.191 e. The first kappa shape index (κ1) is 21.3. The summed E-state index contributed by atoms with van der Waals surface area (Å²) in [6.07, 6.45) is 1.88. The molecule has 0 bridgehead atoms. The lowest BCUT2D eigenvalue weighted by Gasteiger charge is -2.16. The molecule has 1 saturated heterocycles. The number of hydrogen-bond acceptors (Lipinski definition) is 3. The van der Waals surface area contributed by atoms with Crippen LogP contribution in [-0.4, -0.2) is 42.1 Å². The number of benzene rings is 2. The lowest BCUT2D eigenvalue weighted by molar-refractivity contribution is 0.180. The SMILES string of the molecule is CCNC(=NCc1ccc(CN2CCCC2)cc1)NCC(O)c1ccc(F)cc1. The van der Waals surface area contributed by atoms with Crippen molar-refractivity contribution in [1.29, 1.82) is 0 Å². The monoisotopic (exact) mass is 398 g/mol. The molecular formula is C23H31FN4O. The summed E-state index contributed by atoms with van der Waals surface area (Å²) in [6.45, 7) is 7.02. The van der Waals surface area contributed by atoms with Crippen molar-refractivity contribution in [3.05, 3.63) is 71.0 Å². The van der Waals surface area contributed by atoms with Gasteiger partial charge in [0.15, 0.2) is 5.96 Å². The highest BCUT2D eigenvalue weighted by Crippen LogP contribution is 2.14. The zero-order valence-electron chi connectivity index (χ0n) is 17.1. The average molecular weight is 399 g/mol. The van der Waals surface area contributed by atoms with Crippen LogP contribution in [0.2, 0.25) is 0 Å². The van der Waals surface area contributed by atoms with E-state index in [-0.39, 0.29) is 5.82 Å². The summed E-state index contributed by atoms with van der Waals surface area (Å²) in [5.74, 6) is 0.338. The number of aliphatic hydroxyl groups excluding tert-OH is 1. The zero-order valence-corrected chi connectivity index (χ0v) is 17.1. The number of halogens is 1. The number of nitrogens with zero attached hydrogens (tertiary/aromatic N) is 2. The van der Waals surface area contributed by atoms with Crippen LogP contribution in [0.25, 0.3) is 0 Å². The molecule has 6 heteroatoms. The molecule has 0 saturated carbocycles. The van der Waals surface area contributed by atoms with Gasteiger partial charge < -0.3 is 15.7 Å². The Bertz CT molecular complexity index is 770. The number of rotatable bonds is 8. The molecule has 1 fully saturated rings. The normalized spacial score (nSPS) is 16.0. The Hall–Kier alpha value is -2.44. The Balaban J connectivity index is 1.52. The van der Waals surface area contributed by atoms with E-state index in [2.05, 4.69) is 44.8 Å².